The van der Waals surface area contributed by atoms with E-state index < -0.39 is 6.29 Å². The van der Waals surface area contributed by atoms with Gasteiger partial charge in [0.2, 0.25) is 6.29 Å². The Hall–Kier alpha value is -2.12. The number of carbonyl (C=O) groups excluding carboxylic acids is 1. The van der Waals surface area contributed by atoms with Crippen LogP contribution >= 0.6 is 0 Å². The molecule has 2 aliphatic heterocycles. The minimum atomic E-state index is -0.567. The van der Waals surface area contributed by atoms with Crippen LogP contribution in [0.25, 0.3) is 0 Å². The lowest BCUT2D eigenvalue weighted by atomic mass is 10.0. The smallest absolute Gasteiger partial charge is 0.261 e. The van der Waals surface area contributed by atoms with Crippen molar-refractivity contribution >= 4 is 11.7 Å². The number of nitrogens with one attached hydrogen (secondary N) is 1. The highest BCUT2D eigenvalue weighted by Crippen LogP contribution is 2.28. The number of hydrogen-bond acceptors (Lipinski definition) is 6. The lowest BCUT2D eigenvalue weighted by molar-refractivity contribution is -0.134. The van der Waals surface area contributed by atoms with Crippen molar-refractivity contribution in [2.75, 3.05) is 39.2 Å². The zero-order valence-electron chi connectivity index (χ0n) is 14.1. The van der Waals surface area contributed by atoms with Crippen LogP contribution in [0.3, 0.4) is 0 Å². The molecule has 0 saturated heterocycles. The number of amides is 1. The Morgan fingerprint density at radius 1 is 1.42 bits per heavy atom. The van der Waals surface area contributed by atoms with E-state index in [0.717, 1.165) is 30.8 Å². The van der Waals surface area contributed by atoms with Crippen LogP contribution in [-0.4, -0.2) is 49.7 Å². The Morgan fingerprint density at radius 3 is 3.04 bits per heavy atom. The quantitative estimate of drug-likeness (QED) is 0.825. The summed E-state index contributed by atoms with van der Waals surface area (Å²) in [6.07, 6.45) is 4.89. The third kappa shape index (κ3) is 3.52. The van der Waals surface area contributed by atoms with Crippen molar-refractivity contribution in [2.24, 2.45) is 0 Å². The van der Waals surface area contributed by atoms with Crippen LogP contribution in [0.5, 0.6) is 0 Å². The largest absolute Gasteiger partial charge is 0.492 e. The normalized spacial score (nSPS) is 17.3. The maximum Gasteiger partial charge on any atom is 0.261 e. The Morgan fingerprint density at radius 2 is 2.25 bits per heavy atom. The van der Waals surface area contributed by atoms with Gasteiger partial charge in [-0.2, -0.15) is 0 Å². The van der Waals surface area contributed by atoms with Gasteiger partial charge in [0.25, 0.3) is 5.91 Å². The zero-order chi connectivity index (χ0) is 16.9. The van der Waals surface area contributed by atoms with Gasteiger partial charge in [0.15, 0.2) is 6.61 Å². The van der Waals surface area contributed by atoms with Gasteiger partial charge in [-0.05, 0) is 36.1 Å². The summed E-state index contributed by atoms with van der Waals surface area (Å²) in [4.78, 5) is 18.7. The van der Waals surface area contributed by atoms with Gasteiger partial charge in [-0.1, -0.05) is 0 Å². The summed E-state index contributed by atoms with van der Waals surface area (Å²) in [5.74, 6) is 0.831. The van der Waals surface area contributed by atoms with E-state index >= 15 is 0 Å². The van der Waals surface area contributed by atoms with Crippen LogP contribution in [0.1, 0.15) is 29.5 Å². The molecule has 3 rings (SSSR count). The maximum absolute atomic E-state index is 12.2. The van der Waals surface area contributed by atoms with Gasteiger partial charge in [0.1, 0.15) is 11.5 Å². The van der Waals surface area contributed by atoms with Crippen LogP contribution in [0.15, 0.2) is 18.4 Å². The summed E-state index contributed by atoms with van der Waals surface area (Å²) in [5, 5.41) is 3.32. The molecule has 130 valence electrons. The SMILES string of the molecule is COC(OC)c1nc2c(cc1CN1CC=COCC1=O)CCCN2. The number of fused-ring (bicyclic) bond motifs is 1. The van der Waals surface area contributed by atoms with Crippen molar-refractivity contribution in [1.29, 1.82) is 0 Å². The molecule has 2 aliphatic rings. The second kappa shape index (κ2) is 7.63. The highest BCUT2D eigenvalue weighted by molar-refractivity contribution is 5.78. The summed E-state index contributed by atoms with van der Waals surface area (Å²) in [5.41, 5.74) is 2.81. The third-order valence-electron chi connectivity index (χ3n) is 4.22. The molecule has 1 aromatic rings. The van der Waals surface area contributed by atoms with Crippen LogP contribution in [0, 0.1) is 0 Å². The van der Waals surface area contributed by atoms with Gasteiger partial charge >= 0.3 is 0 Å². The predicted octanol–water partition coefficient (Wildman–Crippen LogP) is 1.60. The van der Waals surface area contributed by atoms with Crippen molar-refractivity contribution in [3.05, 3.63) is 35.2 Å². The van der Waals surface area contributed by atoms with E-state index in [-0.39, 0.29) is 12.5 Å². The summed E-state index contributed by atoms with van der Waals surface area (Å²) >= 11 is 0. The summed E-state index contributed by atoms with van der Waals surface area (Å²) in [7, 11) is 3.17. The standard InChI is InChI=1S/C17H23N3O4/c1-22-17(23-2)15-13(9-12-5-3-6-18-16(12)19-15)10-20-7-4-8-24-11-14(20)21/h4,8-9,17H,3,5-7,10-11H2,1-2H3,(H,18,19). The fraction of sp³-hybridized carbons (Fsp3) is 0.529. The molecule has 0 unspecified atom stereocenters. The topological polar surface area (TPSA) is 72.9 Å². The molecule has 1 N–H and O–H groups in total. The monoisotopic (exact) mass is 333 g/mol. The van der Waals surface area contributed by atoms with Gasteiger partial charge in [-0.3, -0.25) is 4.79 Å². The average molecular weight is 333 g/mol. The van der Waals surface area contributed by atoms with Crippen molar-refractivity contribution in [3.63, 3.8) is 0 Å². The molecule has 0 aromatic carbocycles. The number of anilines is 1. The molecule has 1 aromatic heterocycles. The third-order valence-corrected chi connectivity index (χ3v) is 4.22. The number of ether oxygens (including phenoxy) is 3. The Labute approximate surface area is 141 Å². The van der Waals surface area contributed by atoms with Crippen molar-refractivity contribution in [3.8, 4) is 0 Å². The molecule has 0 spiro atoms. The number of carbonyl (C=O) groups is 1. The molecule has 3 heterocycles. The van der Waals surface area contributed by atoms with Crippen LogP contribution in [0.2, 0.25) is 0 Å². The number of aromatic nitrogens is 1. The van der Waals surface area contributed by atoms with Crippen molar-refractivity contribution in [1.82, 2.24) is 9.88 Å². The minimum absolute atomic E-state index is 0.0480. The fourth-order valence-electron chi connectivity index (χ4n) is 3.01. The number of methoxy groups -OCH3 is 2. The van der Waals surface area contributed by atoms with Gasteiger partial charge in [-0.25, -0.2) is 4.98 Å². The minimum Gasteiger partial charge on any atom is -0.492 e. The maximum atomic E-state index is 12.2. The van der Waals surface area contributed by atoms with E-state index in [0.29, 0.717) is 18.8 Å². The first-order valence-corrected chi connectivity index (χ1v) is 8.09. The van der Waals surface area contributed by atoms with Gasteiger partial charge in [-0.15, -0.1) is 0 Å². The second-order valence-electron chi connectivity index (χ2n) is 5.83. The van der Waals surface area contributed by atoms with E-state index in [1.807, 2.05) is 6.08 Å². The van der Waals surface area contributed by atoms with Crippen LogP contribution in [-0.2, 0) is 32.0 Å². The van der Waals surface area contributed by atoms with Crippen molar-refractivity contribution < 1.29 is 19.0 Å². The first-order chi connectivity index (χ1) is 11.7. The lowest BCUT2D eigenvalue weighted by Crippen LogP contribution is -2.33. The molecule has 1 amide bonds. The molecule has 0 aliphatic carbocycles. The summed E-state index contributed by atoms with van der Waals surface area (Å²) < 4.78 is 15.9. The highest BCUT2D eigenvalue weighted by atomic mass is 16.7. The Balaban J connectivity index is 1.94. The first-order valence-electron chi connectivity index (χ1n) is 8.09. The number of nitrogens with zero attached hydrogens (tertiary/aromatic N) is 2. The van der Waals surface area contributed by atoms with E-state index in [4.69, 9.17) is 19.2 Å². The van der Waals surface area contributed by atoms with Gasteiger partial charge < -0.3 is 24.4 Å². The van der Waals surface area contributed by atoms with Crippen molar-refractivity contribution in [2.45, 2.75) is 25.7 Å². The molecule has 0 bridgehead atoms. The molecule has 24 heavy (non-hydrogen) atoms. The van der Waals surface area contributed by atoms with E-state index in [1.165, 1.54) is 5.56 Å². The van der Waals surface area contributed by atoms with Crippen LogP contribution < -0.4 is 5.32 Å². The molecule has 7 heteroatoms. The van der Waals surface area contributed by atoms with Crippen LogP contribution in [0.4, 0.5) is 5.82 Å². The number of hydrogen-bond donors (Lipinski definition) is 1. The summed E-state index contributed by atoms with van der Waals surface area (Å²) in [6.45, 7) is 1.93. The van der Waals surface area contributed by atoms with E-state index in [2.05, 4.69) is 11.4 Å². The zero-order valence-corrected chi connectivity index (χ0v) is 14.1. The molecular weight excluding hydrogens is 310 g/mol. The van der Waals surface area contributed by atoms with E-state index in [9.17, 15) is 4.79 Å². The Bertz CT molecular complexity index is 629. The van der Waals surface area contributed by atoms with Gasteiger partial charge in [0, 0.05) is 33.9 Å². The average Bonchev–Trinajstić information content (AvgIpc) is 2.81. The molecular formula is C17H23N3O4. The molecule has 0 radical (unpaired) electrons. The first kappa shape index (κ1) is 16.7. The highest BCUT2D eigenvalue weighted by Gasteiger charge is 2.24. The fourth-order valence-corrected chi connectivity index (χ4v) is 3.01. The molecule has 7 nitrogen and oxygen atoms in total. The molecule has 0 atom stereocenters. The number of aryl methyl sites for hydroxylation is 1. The Kier molecular flexibility index (Phi) is 5.32. The molecule has 0 fully saturated rings. The van der Waals surface area contributed by atoms with Gasteiger partial charge in [0.05, 0.1) is 6.26 Å². The number of pyridine rings is 1. The predicted molar refractivity (Wildman–Crippen MR) is 88.3 cm³/mol. The lowest BCUT2D eigenvalue weighted by Gasteiger charge is -2.26. The number of rotatable bonds is 5. The molecule has 0 saturated carbocycles. The van der Waals surface area contributed by atoms with E-state index in [1.54, 1.807) is 25.4 Å². The second-order valence-corrected chi connectivity index (χ2v) is 5.83. The summed E-state index contributed by atoms with van der Waals surface area (Å²) in [6, 6.07) is 2.11.